The molecule has 3 aromatic heterocycles. The molecule has 1 aliphatic rings. The fourth-order valence-corrected chi connectivity index (χ4v) is 2.96. The predicted molar refractivity (Wildman–Crippen MR) is 97.9 cm³/mol. The fraction of sp³-hybridized carbons (Fsp3) is 0.316. The molecule has 0 unspecified atom stereocenters. The minimum atomic E-state index is 0.217. The smallest absolute Gasteiger partial charge is 0.319 e. The molecule has 4 rings (SSSR count). The largest absolute Gasteiger partial charge is 0.463 e. The highest BCUT2D eigenvalue weighted by Crippen LogP contribution is 2.46. The van der Waals surface area contributed by atoms with Crippen LogP contribution in [0.15, 0.2) is 42.9 Å². The van der Waals surface area contributed by atoms with Crippen LogP contribution in [0.4, 0.5) is 5.82 Å². The van der Waals surface area contributed by atoms with Crippen LogP contribution in [0.3, 0.4) is 0 Å². The van der Waals surface area contributed by atoms with E-state index in [1.807, 2.05) is 37.6 Å². The lowest BCUT2D eigenvalue weighted by Gasteiger charge is -2.08. The van der Waals surface area contributed by atoms with Gasteiger partial charge >= 0.3 is 6.01 Å². The van der Waals surface area contributed by atoms with Gasteiger partial charge in [0.2, 0.25) is 0 Å². The van der Waals surface area contributed by atoms with Crippen molar-refractivity contribution in [3.05, 3.63) is 59.8 Å². The van der Waals surface area contributed by atoms with Crippen LogP contribution >= 0.6 is 0 Å². The van der Waals surface area contributed by atoms with E-state index in [0.717, 1.165) is 17.7 Å². The molecule has 1 saturated carbocycles. The zero-order valence-corrected chi connectivity index (χ0v) is 14.9. The molecule has 0 bridgehead atoms. The van der Waals surface area contributed by atoms with Crippen LogP contribution < -0.4 is 10.1 Å². The Kier molecular flexibility index (Phi) is 4.66. The molecule has 0 saturated heterocycles. The predicted octanol–water partition coefficient (Wildman–Crippen LogP) is 2.27. The fourth-order valence-electron chi connectivity index (χ4n) is 2.96. The molecule has 0 aliphatic heterocycles. The van der Waals surface area contributed by atoms with Gasteiger partial charge in [0.25, 0.3) is 0 Å². The van der Waals surface area contributed by atoms with Crippen LogP contribution in [0.5, 0.6) is 6.01 Å². The highest BCUT2D eigenvalue weighted by atomic mass is 16.5. The first-order valence-electron chi connectivity index (χ1n) is 8.75. The van der Waals surface area contributed by atoms with Crippen LogP contribution in [-0.2, 0) is 13.6 Å². The summed E-state index contributed by atoms with van der Waals surface area (Å²) in [5.74, 6) is 1.38. The summed E-state index contributed by atoms with van der Waals surface area (Å²) in [6.45, 7) is 1.07. The molecule has 8 nitrogen and oxygen atoms in total. The van der Waals surface area contributed by atoms with Crippen LogP contribution in [0, 0.1) is 17.2 Å². The average Bonchev–Trinajstić information content (AvgIpc) is 3.37. The van der Waals surface area contributed by atoms with Gasteiger partial charge in [-0.15, -0.1) is 0 Å². The first-order valence-corrected chi connectivity index (χ1v) is 8.75. The number of aryl methyl sites for hydroxylation is 1. The van der Waals surface area contributed by atoms with Crippen molar-refractivity contribution in [1.29, 1.82) is 5.26 Å². The van der Waals surface area contributed by atoms with E-state index < -0.39 is 0 Å². The second-order valence-electron chi connectivity index (χ2n) is 6.58. The number of hydrogen-bond donors (Lipinski definition) is 1. The number of nitrogens with one attached hydrogen (secondary N) is 1. The van der Waals surface area contributed by atoms with Crippen LogP contribution in [0.25, 0.3) is 0 Å². The second-order valence-corrected chi connectivity index (χ2v) is 6.58. The molecule has 3 heterocycles. The zero-order chi connectivity index (χ0) is 18.6. The molecule has 1 N–H and O–H groups in total. The van der Waals surface area contributed by atoms with E-state index in [9.17, 15) is 5.26 Å². The van der Waals surface area contributed by atoms with Gasteiger partial charge in [0.15, 0.2) is 0 Å². The van der Waals surface area contributed by atoms with Crippen molar-refractivity contribution in [2.75, 3.05) is 11.9 Å². The summed E-state index contributed by atoms with van der Waals surface area (Å²) < 4.78 is 7.50. The number of pyridine rings is 1. The summed E-state index contributed by atoms with van der Waals surface area (Å²) in [7, 11) is 1.87. The SMILES string of the molecule is Cn1cc(CNc2cc(C#N)nc(OC[C@H]3C[C@@H]3c3ccccn3)n2)cn1. The van der Waals surface area contributed by atoms with Crippen molar-refractivity contribution < 1.29 is 4.74 Å². The summed E-state index contributed by atoms with van der Waals surface area (Å²) in [6, 6.07) is 9.83. The summed E-state index contributed by atoms with van der Waals surface area (Å²) >= 11 is 0. The lowest BCUT2D eigenvalue weighted by molar-refractivity contribution is 0.273. The normalized spacial score (nSPS) is 17.9. The molecular weight excluding hydrogens is 342 g/mol. The Morgan fingerprint density at radius 3 is 3.04 bits per heavy atom. The van der Waals surface area contributed by atoms with Gasteiger partial charge in [-0.1, -0.05) is 6.07 Å². The van der Waals surface area contributed by atoms with Crippen molar-refractivity contribution in [2.45, 2.75) is 18.9 Å². The maximum atomic E-state index is 9.21. The standard InChI is InChI=1S/C19H19N7O/c1-26-11-13(10-23-26)9-22-18-7-15(8-20)24-19(25-18)27-12-14-6-16(14)17-4-2-3-5-21-17/h2-5,7,10-11,14,16H,6,9,12H2,1H3,(H,22,24,25)/t14-,16+/m1/s1. The van der Waals surface area contributed by atoms with Gasteiger partial charge < -0.3 is 10.1 Å². The van der Waals surface area contributed by atoms with E-state index in [0.29, 0.717) is 30.8 Å². The van der Waals surface area contributed by atoms with E-state index in [4.69, 9.17) is 4.74 Å². The minimum absolute atomic E-state index is 0.217. The molecule has 1 aliphatic carbocycles. The Morgan fingerprint density at radius 1 is 1.37 bits per heavy atom. The third kappa shape index (κ3) is 4.20. The number of ether oxygens (including phenoxy) is 1. The Balaban J connectivity index is 1.37. The molecular formula is C19H19N7O. The number of nitrogens with zero attached hydrogens (tertiary/aromatic N) is 6. The third-order valence-electron chi connectivity index (χ3n) is 4.47. The molecule has 27 heavy (non-hydrogen) atoms. The van der Waals surface area contributed by atoms with E-state index in [1.165, 1.54) is 0 Å². The molecule has 136 valence electrons. The maximum absolute atomic E-state index is 9.21. The minimum Gasteiger partial charge on any atom is -0.463 e. The monoisotopic (exact) mass is 361 g/mol. The van der Waals surface area contributed by atoms with Gasteiger partial charge in [-0.25, -0.2) is 0 Å². The maximum Gasteiger partial charge on any atom is 0.319 e. The average molecular weight is 361 g/mol. The molecule has 2 atom stereocenters. The number of hydrogen-bond acceptors (Lipinski definition) is 7. The number of aromatic nitrogens is 5. The number of rotatable bonds is 7. The van der Waals surface area contributed by atoms with Crippen molar-refractivity contribution >= 4 is 5.82 Å². The molecule has 3 aromatic rings. The van der Waals surface area contributed by atoms with Gasteiger partial charge in [-0.05, 0) is 18.6 Å². The van der Waals surface area contributed by atoms with Gasteiger partial charge in [-0.3, -0.25) is 9.67 Å². The van der Waals surface area contributed by atoms with E-state index in [-0.39, 0.29) is 11.7 Å². The van der Waals surface area contributed by atoms with Crippen LogP contribution in [0.2, 0.25) is 0 Å². The third-order valence-corrected chi connectivity index (χ3v) is 4.47. The lowest BCUT2D eigenvalue weighted by atomic mass is 10.2. The van der Waals surface area contributed by atoms with Crippen molar-refractivity contribution in [1.82, 2.24) is 24.7 Å². The quantitative estimate of drug-likeness (QED) is 0.689. The summed E-state index contributed by atoms with van der Waals surface area (Å²) in [6.07, 6.45) is 6.55. The number of nitriles is 1. The van der Waals surface area contributed by atoms with Crippen LogP contribution in [0.1, 0.15) is 29.3 Å². The molecule has 0 amide bonds. The van der Waals surface area contributed by atoms with Gasteiger partial charge in [0.05, 0.1) is 12.8 Å². The zero-order valence-electron chi connectivity index (χ0n) is 14.9. The Hall–Kier alpha value is -3.47. The first kappa shape index (κ1) is 17.0. The molecule has 0 radical (unpaired) electrons. The van der Waals surface area contributed by atoms with Gasteiger partial charge in [0, 0.05) is 55.1 Å². The summed E-state index contributed by atoms with van der Waals surface area (Å²) in [5.41, 5.74) is 2.38. The lowest BCUT2D eigenvalue weighted by Crippen LogP contribution is -2.08. The molecule has 0 aromatic carbocycles. The van der Waals surface area contributed by atoms with E-state index in [1.54, 1.807) is 16.9 Å². The van der Waals surface area contributed by atoms with Crippen molar-refractivity contribution in [3.63, 3.8) is 0 Å². The molecule has 0 spiro atoms. The Morgan fingerprint density at radius 2 is 2.30 bits per heavy atom. The summed E-state index contributed by atoms with van der Waals surface area (Å²) in [4.78, 5) is 12.9. The van der Waals surface area contributed by atoms with E-state index in [2.05, 4.69) is 31.4 Å². The Bertz CT molecular complexity index is 964. The van der Waals surface area contributed by atoms with Crippen molar-refractivity contribution in [2.24, 2.45) is 13.0 Å². The second kappa shape index (κ2) is 7.41. The molecule has 8 heteroatoms. The highest BCUT2D eigenvalue weighted by molar-refractivity contribution is 5.41. The highest BCUT2D eigenvalue weighted by Gasteiger charge is 2.40. The topological polar surface area (TPSA) is 102 Å². The molecule has 1 fully saturated rings. The van der Waals surface area contributed by atoms with E-state index >= 15 is 0 Å². The Labute approximate surface area is 156 Å². The van der Waals surface area contributed by atoms with Gasteiger partial charge in [0.1, 0.15) is 17.6 Å². The van der Waals surface area contributed by atoms with Gasteiger partial charge in [-0.2, -0.15) is 20.3 Å². The summed E-state index contributed by atoms with van der Waals surface area (Å²) in [5, 5.41) is 16.5. The van der Waals surface area contributed by atoms with Crippen molar-refractivity contribution in [3.8, 4) is 12.1 Å². The number of anilines is 1. The first-order chi connectivity index (χ1) is 13.2. The van der Waals surface area contributed by atoms with Crippen LogP contribution in [-0.4, -0.2) is 31.3 Å².